The lowest BCUT2D eigenvalue weighted by atomic mass is 10.0. The number of nitrogens with two attached hydrogens (primary N) is 1. The summed E-state index contributed by atoms with van der Waals surface area (Å²) in [4.78, 5) is 0. The van der Waals surface area contributed by atoms with Crippen LogP contribution in [0.15, 0.2) is 54.6 Å². The van der Waals surface area contributed by atoms with Gasteiger partial charge in [0.25, 0.3) is 0 Å². The molecular weight excluding hydrogens is 236 g/mol. The van der Waals surface area contributed by atoms with Gasteiger partial charge in [-0.3, -0.25) is 0 Å². The fraction of sp³-hybridized carbons (Fsp3) is 0.250. The van der Waals surface area contributed by atoms with Crippen molar-refractivity contribution in [3.63, 3.8) is 0 Å². The molecule has 1 saturated heterocycles. The SMILES string of the molecule is [2H]N1CCC(N)[C@H]1c1cccc(Oc2ccccc2)c1. The number of ether oxygens (including phenoxy) is 1. The van der Waals surface area contributed by atoms with E-state index in [4.69, 9.17) is 11.9 Å². The van der Waals surface area contributed by atoms with Crippen LogP contribution in [0.4, 0.5) is 0 Å². The summed E-state index contributed by atoms with van der Waals surface area (Å²) in [5, 5.41) is 1.56. The lowest BCUT2D eigenvalue weighted by Crippen LogP contribution is -2.28. The standard InChI is InChI=1S/C16H18N2O/c17-15-9-10-18-16(15)12-5-4-8-14(11-12)19-13-6-2-1-3-7-13/h1-8,11,15-16,18H,9-10,17H2/t15?,16-/m1/s1/i/hD. The quantitative estimate of drug-likeness (QED) is 0.886. The van der Waals surface area contributed by atoms with Crippen LogP contribution in [0.1, 0.15) is 18.0 Å². The Kier molecular flexibility index (Phi) is 3.15. The molecule has 1 fully saturated rings. The number of para-hydroxylation sites is 1. The second-order valence-electron chi connectivity index (χ2n) is 4.79. The van der Waals surface area contributed by atoms with Crippen LogP contribution in [0.3, 0.4) is 0 Å². The molecule has 2 aromatic rings. The minimum Gasteiger partial charge on any atom is -0.457 e. The Labute approximate surface area is 114 Å². The highest BCUT2D eigenvalue weighted by atomic mass is 16.5. The second kappa shape index (κ2) is 5.43. The summed E-state index contributed by atoms with van der Waals surface area (Å²) in [6.07, 6.45) is 0.859. The smallest absolute Gasteiger partial charge is 0.127 e. The van der Waals surface area contributed by atoms with E-state index in [1.165, 1.54) is 0 Å². The van der Waals surface area contributed by atoms with Crippen LogP contribution in [-0.4, -0.2) is 12.6 Å². The lowest BCUT2D eigenvalue weighted by Gasteiger charge is -2.17. The van der Waals surface area contributed by atoms with Crippen LogP contribution in [0.2, 0.25) is 1.41 Å². The summed E-state index contributed by atoms with van der Waals surface area (Å²) < 4.78 is 13.8. The summed E-state index contributed by atoms with van der Waals surface area (Å²) >= 11 is 0. The van der Waals surface area contributed by atoms with E-state index in [9.17, 15) is 0 Å². The fourth-order valence-electron chi connectivity index (χ4n) is 2.40. The Morgan fingerprint density at radius 2 is 1.89 bits per heavy atom. The molecule has 3 N–H and O–H groups in total. The van der Waals surface area contributed by atoms with Crippen molar-refractivity contribution in [1.29, 1.82) is 0 Å². The van der Waals surface area contributed by atoms with Gasteiger partial charge in [0.1, 0.15) is 12.9 Å². The Morgan fingerprint density at radius 3 is 2.63 bits per heavy atom. The largest absolute Gasteiger partial charge is 0.457 e. The maximum absolute atomic E-state index is 7.96. The van der Waals surface area contributed by atoms with Gasteiger partial charge in [0.2, 0.25) is 0 Å². The van der Waals surface area contributed by atoms with Crippen LogP contribution >= 0.6 is 0 Å². The average molecular weight is 255 g/mol. The highest BCUT2D eigenvalue weighted by Crippen LogP contribution is 2.27. The molecule has 0 aromatic heterocycles. The number of benzene rings is 2. The molecule has 3 heteroatoms. The first-order chi connectivity index (χ1) is 9.74. The zero-order valence-electron chi connectivity index (χ0n) is 11.7. The molecule has 0 saturated carbocycles. The summed E-state index contributed by atoms with van der Waals surface area (Å²) in [7, 11) is 0. The lowest BCUT2D eigenvalue weighted by molar-refractivity contribution is 0.479. The molecule has 1 aliphatic heterocycles. The fourth-order valence-corrected chi connectivity index (χ4v) is 2.40. The van der Waals surface area contributed by atoms with E-state index >= 15 is 0 Å². The Balaban J connectivity index is 1.83. The van der Waals surface area contributed by atoms with Gasteiger partial charge in [-0.25, -0.2) is 0 Å². The maximum Gasteiger partial charge on any atom is 0.127 e. The highest BCUT2D eigenvalue weighted by molar-refractivity contribution is 5.35. The molecule has 3 nitrogen and oxygen atoms in total. The number of hydrogen-bond donors (Lipinski definition) is 2. The van der Waals surface area contributed by atoms with Gasteiger partial charge in [-0.1, -0.05) is 30.3 Å². The van der Waals surface area contributed by atoms with Crippen molar-refractivity contribution in [2.75, 3.05) is 6.54 Å². The van der Waals surface area contributed by atoms with E-state index in [2.05, 4.69) is 0 Å². The third kappa shape index (κ3) is 2.78. The maximum atomic E-state index is 7.96. The minimum atomic E-state index is -0.0469. The van der Waals surface area contributed by atoms with Crippen LogP contribution in [0.5, 0.6) is 11.5 Å². The normalized spacial score (nSPS) is 24.2. The van der Waals surface area contributed by atoms with Gasteiger partial charge in [-0.05, 0) is 42.8 Å². The van der Waals surface area contributed by atoms with Crippen molar-refractivity contribution in [3.05, 3.63) is 60.2 Å². The second-order valence-corrected chi connectivity index (χ2v) is 4.79. The van der Waals surface area contributed by atoms with E-state index in [0.717, 1.165) is 30.0 Å². The van der Waals surface area contributed by atoms with Crippen molar-refractivity contribution >= 4 is 0 Å². The predicted octanol–water partition coefficient (Wildman–Crippen LogP) is 2.84. The zero-order chi connectivity index (χ0) is 13.9. The molecule has 0 spiro atoms. The molecule has 1 aliphatic rings. The van der Waals surface area contributed by atoms with Gasteiger partial charge < -0.3 is 15.8 Å². The summed E-state index contributed by atoms with van der Waals surface area (Å²) in [6.45, 7) is 0.718. The zero-order valence-corrected chi connectivity index (χ0v) is 10.7. The van der Waals surface area contributed by atoms with Crippen LogP contribution in [0, 0.1) is 0 Å². The molecule has 0 radical (unpaired) electrons. The topological polar surface area (TPSA) is 47.3 Å². The van der Waals surface area contributed by atoms with E-state index in [1.807, 2.05) is 54.6 Å². The van der Waals surface area contributed by atoms with Gasteiger partial charge >= 0.3 is 0 Å². The molecule has 19 heavy (non-hydrogen) atoms. The Bertz CT molecular complexity index is 566. The van der Waals surface area contributed by atoms with Gasteiger partial charge in [0.15, 0.2) is 0 Å². The number of hydrogen-bond acceptors (Lipinski definition) is 3. The molecule has 3 rings (SSSR count). The monoisotopic (exact) mass is 255 g/mol. The van der Waals surface area contributed by atoms with Crippen LogP contribution in [-0.2, 0) is 0 Å². The van der Waals surface area contributed by atoms with E-state index in [1.54, 1.807) is 5.31 Å². The van der Waals surface area contributed by atoms with Crippen molar-refractivity contribution in [1.82, 2.24) is 5.31 Å². The highest BCUT2D eigenvalue weighted by Gasteiger charge is 2.24. The number of nitrogens with one attached hydrogen (secondary N) is 1. The van der Waals surface area contributed by atoms with E-state index in [-0.39, 0.29) is 12.1 Å². The molecule has 2 aromatic carbocycles. The third-order valence-electron chi connectivity index (χ3n) is 3.37. The first-order valence-corrected chi connectivity index (χ1v) is 6.58. The van der Waals surface area contributed by atoms with Crippen molar-refractivity contribution in [2.24, 2.45) is 5.73 Å². The number of rotatable bonds is 3. The molecule has 1 heterocycles. The van der Waals surface area contributed by atoms with Crippen LogP contribution < -0.4 is 15.8 Å². The molecule has 98 valence electrons. The minimum absolute atomic E-state index is 0.0134. The van der Waals surface area contributed by atoms with Gasteiger partial charge in [0, 0.05) is 12.1 Å². The molecule has 1 unspecified atom stereocenters. The van der Waals surface area contributed by atoms with Crippen LogP contribution in [0.25, 0.3) is 0 Å². The van der Waals surface area contributed by atoms with Gasteiger partial charge in [0.05, 0.1) is 0 Å². The van der Waals surface area contributed by atoms with Crippen molar-refractivity contribution in [2.45, 2.75) is 18.5 Å². The van der Waals surface area contributed by atoms with E-state index in [0.29, 0.717) is 0 Å². The summed E-state index contributed by atoms with van der Waals surface area (Å²) in [5.41, 5.74) is 7.14. The Hall–Kier alpha value is -1.84. The molecule has 2 atom stereocenters. The van der Waals surface area contributed by atoms with E-state index < -0.39 is 0 Å². The third-order valence-corrected chi connectivity index (χ3v) is 3.37. The molecule has 0 aliphatic carbocycles. The predicted molar refractivity (Wildman–Crippen MR) is 76.3 cm³/mol. The van der Waals surface area contributed by atoms with Gasteiger partial charge in [-0.15, -0.1) is 0 Å². The molecule has 0 amide bonds. The van der Waals surface area contributed by atoms with Gasteiger partial charge in [-0.2, -0.15) is 0 Å². The summed E-state index contributed by atoms with van der Waals surface area (Å²) in [6, 6.07) is 17.5. The summed E-state index contributed by atoms with van der Waals surface area (Å²) in [5.74, 6) is 1.59. The Morgan fingerprint density at radius 1 is 1.11 bits per heavy atom. The molecular formula is C16H18N2O. The first-order valence-electron chi connectivity index (χ1n) is 7.03. The van der Waals surface area contributed by atoms with Crippen molar-refractivity contribution < 1.29 is 6.15 Å². The molecule has 0 bridgehead atoms. The average Bonchev–Trinajstić information content (AvgIpc) is 2.80. The first kappa shape index (κ1) is 11.0. The van der Waals surface area contributed by atoms with Crippen molar-refractivity contribution in [3.8, 4) is 11.5 Å².